The maximum atomic E-state index is 12.2. The van der Waals surface area contributed by atoms with Gasteiger partial charge in [0, 0.05) is 6.54 Å². The number of anilines is 2. The van der Waals surface area contributed by atoms with Crippen LogP contribution in [0.1, 0.15) is 33.4 Å². The Labute approximate surface area is 118 Å². The molecule has 6 N–H and O–H groups in total. The Hall–Kier alpha value is -1.90. The molecule has 9 heteroatoms. The van der Waals surface area contributed by atoms with Gasteiger partial charge in [-0.15, -0.1) is 11.3 Å². The number of nitrogens with one attached hydrogen (secondary N) is 2. The molecule has 0 saturated heterocycles. The van der Waals surface area contributed by atoms with Gasteiger partial charge < -0.3 is 22.1 Å². The van der Waals surface area contributed by atoms with E-state index in [1.165, 1.54) is 0 Å². The van der Waals surface area contributed by atoms with Gasteiger partial charge in [0.15, 0.2) is 0 Å². The first-order chi connectivity index (χ1) is 9.38. The summed E-state index contributed by atoms with van der Waals surface area (Å²) in [5, 5.41) is 5.05. The van der Waals surface area contributed by atoms with Crippen molar-refractivity contribution in [3.05, 3.63) is 10.4 Å². The quantitative estimate of drug-likeness (QED) is 0.607. The van der Waals surface area contributed by atoms with Crippen molar-refractivity contribution in [1.82, 2.24) is 5.32 Å². The van der Waals surface area contributed by atoms with E-state index >= 15 is 0 Å². The normalized spacial score (nSPS) is 10.6. The standard InChI is InChI=1S/C11H16F2N4O2S/c1-2-3-16-10(19)8-7(14)6(9(15)18)11(20-8)17-4-5(12)13/h5,17H,2-4,14H2,1H3,(H2,15,18)(H,16,19). The number of nitrogen functional groups attached to an aromatic ring is 1. The minimum atomic E-state index is -2.60. The number of primary amides is 1. The molecule has 0 aromatic carbocycles. The van der Waals surface area contributed by atoms with Crippen LogP contribution in [0.3, 0.4) is 0 Å². The summed E-state index contributed by atoms with van der Waals surface area (Å²) in [4.78, 5) is 23.3. The SMILES string of the molecule is CCCNC(=O)c1sc(NCC(F)F)c(C(N)=O)c1N. The highest BCUT2D eigenvalue weighted by molar-refractivity contribution is 7.19. The van der Waals surface area contributed by atoms with E-state index in [2.05, 4.69) is 10.6 Å². The summed E-state index contributed by atoms with van der Waals surface area (Å²) in [6.45, 7) is 1.67. The molecule has 1 aromatic rings. The topological polar surface area (TPSA) is 110 Å². The Bertz CT molecular complexity index is 505. The first-order valence-electron chi connectivity index (χ1n) is 5.90. The van der Waals surface area contributed by atoms with E-state index in [0.717, 1.165) is 17.8 Å². The third-order valence-corrected chi connectivity index (χ3v) is 3.51. The maximum Gasteiger partial charge on any atom is 0.263 e. The van der Waals surface area contributed by atoms with E-state index in [1.807, 2.05) is 6.92 Å². The third-order valence-electron chi connectivity index (χ3n) is 2.35. The molecule has 0 aliphatic heterocycles. The summed E-state index contributed by atoms with van der Waals surface area (Å²) in [6.07, 6.45) is -1.87. The smallest absolute Gasteiger partial charge is 0.263 e. The number of rotatable bonds is 7. The first kappa shape index (κ1) is 16.2. The van der Waals surface area contributed by atoms with Crippen LogP contribution < -0.4 is 22.1 Å². The van der Waals surface area contributed by atoms with E-state index in [4.69, 9.17) is 11.5 Å². The molecule has 20 heavy (non-hydrogen) atoms. The molecular formula is C11H16F2N4O2S. The Kier molecular flexibility index (Phi) is 5.68. The van der Waals surface area contributed by atoms with Crippen molar-refractivity contribution in [2.75, 3.05) is 24.1 Å². The highest BCUT2D eigenvalue weighted by atomic mass is 32.1. The minimum absolute atomic E-state index is 0.0805. The zero-order valence-electron chi connectivity index (χ0n) is 10.8. The molecule has 0 radical (unpaired) electrons. The number of hydrogen-bond acceptors (Lipinski definition) is 5. The summed E-state index contributed by atoms with van der Waals surface area (Å²) in [6, 6.07) is 0. The molecule has 0 atom stereocenters. The number of thiophene rings is 1. The molecule has 1 aromatic heterocycles. The van der Waals surface area contributed by atoms with Gasteiger partial charge in [0.1, 0.15) is 9.88 Å². The number of halogens is 2. The Morgan fingerprint density at radius 3 is 2.55 bits per heavy atom. The fraction of sp³-hybridized carbons (Fsp3) is 0.455. The summed E-state index contributed by atoms with van der Waals surface area (Å²) >= 11 is 0.833. The van der Waals surface area contributed by atoms with Crippen LogP contribution in [0.2, 0.25) is 0 Å². The maximum absolute atomic E-state index is 12.2. The molecule has 2 amide bonds. The van der Waals surface area contributed by atoms with Crippen molar-refractivity contribution in [2.24, 2.45) is 5.73 Å². The molecule has 1 rings (SSSR count). The summed E-state index contributed by atoms with van der Waals surface area (Å²) in [5.74, 6) is -1.33. The Morgan fingerprint density at radius 1 is 1.40 bits per heavy atom. The molecule has 0 spiro atoms. The van der Waals surface area contributed by atoms with Crippen molar-refractivity contribution >= 4 is 33.8 Å². The number of amides is 2. The van der Waals surface area contributed by atoms with Crippen LogP contribution in [0.15, 0.2) is 0 Å². The fourth-order valence-corrected chi connectivity index (χ4v) is 2.52. The highest BCUT2D eigenvalue weighted by Gasteiger charge is 2.24. The Morgan fingerprint density at radius 2 is 2.05 bits per heavy atom. The number of hydrogen-bond donors (Lipinski definition) is 4. The van der Waals surface area contributed by atoms with E-state index in [-0.39, 0.29) is 21.1 Å². The van der Waals surface area contributed by atoms with Gasteiger partial charge >= 0.3 is 0 Å². The molecule has 0 bridgehead atoms. The van der Waals surface area contributed by atoms with Crippen molar-refractivity contribution in [3.63, 3.8) is 0 Å². The van der Waals surface area contributed by atoms with Gasteiger partial charge in [-0.3, -0.25) is 9.59 Å². The van der Waals surface area contributed by atoms with Gasteiger partial charge in [-0.25, -0.2) is 8.78 Å². The second-order valence-corrected chi connectivity index (χ2v) is 4.96. The lowest BCUT2D eigenvalue weighted by molar-refractivity contribution is 0.0958. The summed E-state index contributed by atoms with van der Waals surface area (Å²) < 4.78 is 24.4. The molecule has 0 unspecified atom stereocenters. The zero-order chi connectivity index (χ0) is 15.3. The van der Waals surface area contributed by atoms with Gasteiger partial charge in [0.2, 0.25) is 0 Å². The predicted octanol–water partition coefficient (Wildman–Crippen LogP) is 1.25. The van der Waals surface area contributed by atoms with Crippen molar-refractivity contribution in [3.8, 4) is 0 Å². The van der Waals surface area contributed by atoms with Gasteiger partial charge in [-0.2, -0.15) is 0 Å². The van der Waals surface area contributed by atoms with Crippen LogP contribution in [0.25, 0.3) is 0 Å². The van der Waals surface area contributed by atoms with Crippen LogP contribution in [0.4, 0.5) is 19.5 Å². The number of nitrogens with two attached hydrogens (primary N) is 2. The monoisotopic (exact) mass is 306 g/mol. The molecule has 0 aliphatic carbocycles. The predicted molar refractivity (Wildman–Crippen MR) is 74.4 cm³/mol. The molecular weight excluding hydrogens is 290 g/mol. The molecule has 6 nitrogen and oxygen atoms in total. The van der Waals surface area contributed by atoms with Crippen molar-refractivity contribution < 1.29 is 18.4 Å². The van der Waals surface area contributed by atoms with Crippen LogP contribution in [-0.4, -0.2) is 31.3 Å². The lowest BCUT2D eigenvalue weighted by Crippen LogP contribution is -2.24. The van der Waals surface area contributed by atoms with Crippen LogP contribution in [0.5, 0.6) is 0 Å². The largest absolute Gasteiger partial charge is 0.397 e. The van der Waals surface area contributed by atoms with E-state index < -0.39 is 24.8 Å². The molecule has 112 valence electrons. The second kappa shape index (κ2) is 7.04. The minimum Gasteiger partial charge on any atom is -0.397 e. The van der Waals surface area contributed by atoms with Gasteiger partial charge in [-0.05, 0) is 6.42 Å². The van der Waals surface area contributed by atoms with Crippen LogP contribution in [0, 0.1) is 0 Å². The van der Waals surface area contributed by atoms with Gasteiger partial charge in [0.05, 0.1) is 17.8 Å². The second-order valence-electron chi connectivity index (χ2n) is 3.94. The average Bonchev–Trinajstić information content (AvgIpc) is 2.70. The fourth-order valence-electron chi connectivity index (χ4n) is 1.47. The lowest BCUT2D eigenvalue weighted by atomic mass is 10.2. The molecule has 0 fully saturated rings. The average molecular weight is 306 g/mol. The van der Waals surface area contributed by atoms with Crippen LogP contribution >= 0.6 is 11.3 Å². The molecule has 0 aliphatic rings. The van der Waals surface area contributed by atoms with Crippen LogP contribution in [-0.2, 0) is 0 Å². The number of alkyl halides is 2. The van der Waals surface area contributed by atoms with Gasteiger partial charge in [0.25, 0.3) is 18.2 Å². The third kappa shape index (κ3) is 3.80. The highest BCUT2D eigenvalue weighted by Crippen LogP contribution is 2.35. The van der Waals surface area contributed by atoms with Crippen molar-refractivity contribution in [2.45, 2.75) is 19.8 Å². The van der Waals surface area contributed by atoms with Crippen molar-refractivity contribution in [1.29, 1.82) is 0 Å². The number of carbonyl (C=O) groups excluding carboxylic acids is 2. The number of carbonyl (C=O) groups is 2. The first-order valence-corrected chi connectivity index (χ1v) is 6.72. The van der Waals surface area contributed by atoms with E-state index in [0.29, 0.717) is 6.54 Å². The lowest BCUT2D eigenvalue weighted by Gasteiger charge is -2.04. The zero-order valence-corrected chi connectivity index (χ0v) is 11.7. The van der Waals surface area contributed by atoms with E-state index in [9.17, 15) is 18.4 Å². The molecule has 0 saturated carbocycles. The van der Waals surface area contributed by atoms with Gasteiger partial charge in [-0.1, -0.05) is 6.92 Å². The summed E-state index contributed by atoms with van der Waals surface area (Å²) in [7, 11) is 0. The summed E-state index contributed by atoms with van der Waals surface area (Å²) in [5.41, 5.74) is 10.7. The molecule has 1 heterocycles. The Balaban J connectivity index is 3.05. The van der Waals surface area contributed by atoms with E-state index in [1.54, 1.807) is 0 Å².